The number of hydrogen-bond donors (Lipinski definition) is 3. The van der Waals surface area contributed by atoms with Crippen molar-refractivity contribution in [2.24, 2.45) is 11.1 Å². The molecule has 1 heterocycles. The van der Waals surface area contributed by atoms with Crippen molar-refractivity contribution in [3.63, 3.8) is 0 Å². The molecule has 0 aliphatic carbocycles. The first-order chi connectivity index (χ1) is 11.3. The predicted octanol–water partition coefficient (Wildman–Crippen LogP) is 2.68. The summed E-state index contributed by atoms with van der Waals surface area (Å²) in [5.41, 5.74) is 6.43. The van der Waals surface area contributed by atoms with Crippen LogP contribution < -0.4 is 16.4 Å². The summed E-state index contributed by atoms with van der Waals surface area (Å²) >= 11 is 1.50. The summed E-state index contributed by atoms with van der Waals surface area (Å²) in [5, 5.41) is 8.27. The molecule has 7 heteroatoms. The number of hydrogen-bond acceptors (Lipinski definition) is 4. The third kappa shape index (κ3) is 4.55. The Morgan fingerprint density at radius 2 is 1.96 bits per heavy atom. The van der Waals surface area contributed by atoms with Crippen LogP contribution >= 0.6 is 11.3 Å². The summed E-state index contributed by atoms with van der Waals surface area (Å²) in [5.74, 6) is -0.455. The number of rotatable bonds is 6. The molecule has 0 saturated carbocycles. The van der Waals surface area contributed by atoms with E-state index in [0.717, 1.165) is 16.3 Å². The second-order valence-electron chi connectivity index (χ2n) is 6.23. The molecule has 0 saturated heterocycles. The molecule has 1 atom stereocenters. The van der Waals surface area contributed by atoms with Crippen molar-refractivity contribution in [1.29, 1.82) is 0 Å². The third-order valence-corrected chi connectivity index (χ3v) is 4.69. The first-order valence-corrected chi connectivity index (χ1v) is 8.52. The SMILES string of the molecule is C[C@H](NC(=O)NCC(C)(C)C(N)=O)c1nc(-c2ccccc2)cs1. The van der Waals surface area contributed by atoms with Crippen LogP contribution in [0.2, 0.25) is 0 Å². The molecule has 4 N–H and O–H groups in total. The number of urea groups is 1. The van der Waals surface area contributed by atoms with Crippen LogP contribution in [0.15, 0.2) is 35.7 Å². The molecule has 0 radical (unpaired) electrons. The van der Waals surface area contributed by atoms with E-state index in [9.17, 15) is 9.59 Å². The van der Waals surface area contributed by atoms with Gasteiger partial charge in [-0.25, -0.2) is 9.78 Å². The molecule has 24 heavy (non-hydrogen) atoms. The molecule has 6 nitrogen and oxygen atoms in total. The number of thiazole rings is 1. The molecule has 2 aromatic rings. The maximum absolute atomic E-state index is 12.0. The Morgan fingerprint density at radius 1 is 1.29 bits per heavy atom. The molecule has 0 aliphatic rings. The van der Waals surface area contributed by atoms with Crippen molar-refractivity contribution >= 4 is 23.3 Å². The highest BCUT2D eigenvalue weighted by Gasteiger charge is 2.25. The number of primary amides is 1. The zero-order valence-electron chi connectivity index (χ0n) is 14.0. The molecular formula is C17H22N4O2S. The maximum Gasteiger partial charge on any atom is 0.315 e. The number of carbonyl (C=O) groups is 2. The summed E-state index contributed by atoms with van der Waals surface area (Å²) in [6.45, 7) is 5.42. The lowest BCUT2D eigenvalue weighted by atomic mass is 9.93. The average molecular weight is 346 g/mol. The van der Waals surface area contributed by atoms with Crippen molar-refractivity contribution in [1.82, 2.24) is 15.6 Å². The van der Waals surface area contributed by atoms with Gasteiger partial charge in [-0.3, -0.25) is 4.79 Å². The van der Waals surface area contributed by atoms with E-state index in [1.807, 2.05) is 42.6 Å². The minimum Gasteiger partial charge on any atom is -0.369 e. The quantitative estimate of drug-likeness (QED) is 0.750. The molecule has 1 aromatic heterocycles. The van der Waals surface area contributed by atoms with Crippen molar-refractivity contribution in [2.75, 3.05) is 6.54 Å². The van der Waals surface area contributed by atoms with Crippen LogP contribution in [-0.2, 0) is 4.79 Å². The van der Waals surface area contributed by atoms with E-state index in [-0.39, 0.29) is 18.6 Å². The molecule has 2 rings (SSSR count). The largest absolute Gasteiger partial charge is 0.369 e. The number of amides is 3. The molecule has 0 spiro atoms. The summed E-state index contributed by atoms with van der Waals surface area (Å²) in [7, 11) is 0. The van der Waals surface area contributed by atoms with E-state index in [1.54, 1.807) is 13.8 Å². The maximum atomic E-state index is 12.0. The van der Waals surface area contributed by atoms with Crippen LogP contribution in [0.1, 0.15) is 31.8 Å². The highest BCUT2D eigenvalue weighted by atomic mass is 32.1. The summed E-state index contributed by atoms with van der Waals surface area (Å²) in [6.07, 6.45) is 0. The van der Waals surface area contributed by atoms with Crippen LogP contribution in [0, 0.1) is 5.41 Å². The van der Waals surface area contributed by atoms with Crippen molar-refractivity contribution in [3.05, 3.63) is 40.7 Å². The Morgan fingerprint density at radius 3 is 2.58 bits per heavy atom. The van der Waals surface area contributed by atoms with Gasteiger partial charge in [0.1, 0.15) is 5.01 Å². The highest BCUT2D eigenvalue weighted by Crippen LogP contribution is 2.25. The van der Waals surface area contributed by atoms with Gasteiger partial charge >= 0.3 is 6.03 Å². The lowest BCUT2D eigenvalue weighted by molar-refractivity contribution is -0.125. The van der Waals surface area contributed by atoms with Crippen LogP contribution in [0.4, 0.5) is 4.79 Å². The monoisotopic (exact) mass is 346 g/mol. The zero-order valence-corrected chi connectivity index (χ0v) is 14.8. The van der Waals surface area contributed by atoms with Crippen molar-refractivity contribution in [3.8, 4) is 11.3 Å². The molecule has 128 valence electrons. The van der Waals surface area contributed by atoms with Gasteiger partial charge in [0.05, 0.1) is 17.2 Å². The molecular weight excluding hydrogens is 324 g/mol. The van der Waals surface area contributed by atoms with Gasteiger partial charge in [-0.05, 0) is 20.8 Å². The second kappa shape index (κ2) is 7.44. The lowest BCUT2D eigenvalue weighted by Crippen LogP contribution is -2.46. The van der Waals surface area contributed by atoms with Gasteiger partial charge < -0.3 is 16.4 Å². The van der Waals surface area contributed by atoms with E-state index in [0.29, 0.717) is 0 Å². The van der Waals surface area contributed by atoms with E-state index in [4.69, 9.17) is 5.73 Å². The van der Waals surface area contributed by atoms with Gasteiger partial charge in [-0.2, -0.15) is 0 Å². The standard InChI is InChI=1S/C17H22N4O2S/c1-11(20-16(23)19-10-17(2,3)15(18)22)14-21-13(9-24-14)12-7-5-4-6-8-12/h4-9,11H,10H2,1-3H3,(H2,18,22)(H2,19,20,23)/t11-/m0/s1. The zero-order chi connectivity index (χ0) is 17.7. The summed E-state index contributed by atoms with van der Waals surface area (Å²) < 4.78 is 0. The Kier molecular flexibility index (Phi) is 5.56. The fourth-order valence-corrected chi connectivity index (χ4v) is 2.76. The van der Waals surface area contributed by atoms with E-state index in [2.05, 4.69) is 15.6 Å². The number of nitrogens with two attached hydrogens (primary N) is 1. The molecule has 0 bridgehead atoms. The molecule has 1 aromatic carbocycles. The summed E-state index contributed by atoms with van der Waals surface area (Å²) in [4.78, 5) is 27.8. The van der Waals surface area contributed by atoms with E-state index < -0.39 is 11.3 Å². The Hall–Kier alpha value is -2.41. The highest BCUT2D eigenvalue weighted by molar-refractivity contribution is 7.10. The predicted molar refractivity (Wildman–Crippen MR) is 95.5 cm³/mol. The fourth-order valence-electron chi connectivity index (χ4n) is 1.93. The smallest absolute Gasteiger partial charge is 0.315 e. The summed E-state index contributed by atoms with van der Waals surface area (Å²) in [6, 6.07) is 9.29. The Labute approximate surface area is 145 Å². The van der Waals surface area contributed by atoms with Crippen LogP contribution in [0.5, 0.6) is 0 Å². The normalized spacial score (nSPS) is 12.5. The van der Waals surface area contributed by atoms with Gasteiger partial charge in [-0.15, -0.1) is 11.3 Å². The number of nitrogens with one attached hydrogen (secondary N) is 2. The first-order valence-electron chi connectivity index (χ1n) is 7.65. The number of aromatic nitrogens is 1. The Balaban J connectivity index is 1.93. The fraction of sp³-hybridized carbons (Fsp3) is 0.353. The van der Waals surface area contributed by atoms with Crippen LogP contribution in [0.3, 0.4) is 0 Å². The van der Waals surface area contributed by atoms with Gasteiger partial charge in [-0.1, -0.05) is 30.3 Å². The van der Waals surface area contributed by atoms with Gasteiger partial charge in [0.15, 0.2) is 0 Å². The Bertz CT molecular complexity index is 712. The van der Waals surface area contributed by atoms with Crippen molar-refractivity contribution in [2.45, 2.75) is 26.8 Å². The minimum atomic E-state index is -0.789. The number of benzene rings is 1. The lowest BCUT2D eigenvalue weighted by Gasteiger charge is -2.21. The molecule has 0 aliphatic heterocycles. The van der Waals surface area contributed by atoms with E-state index >= 15 is 0 Å². The van der Waals surface area contributed by atoms with Gasteiger partial charge in [0, 0.05) is 17.5 Å². The second-order valence-corrected chi connectivity index (χ2v) is 7.12. The van der Waals surface area contributed by atoms with Gasteiger partial charge in [0.25, 0.3) is 0 Å². The van der Waals surface area contributed by atoms with Crippen LogP contribution in [-0.4, -0.2) is 23.5 Å². The van der Waals surface area contributed by atoms with Crippen LogP contribution in [0.25, 0.3) is 11.3 Å². The minimum absolute atomic E-state index is 0.175. The topological polar surface area (TPSA) is 97.1 Å². The van der Waals surface area contributed by atoms with Crippen molar-refractivity contribution < 1.29 is 9.59 Å². The first kappa shape index (κ1) is 17.9. The van der Waals surface area contributed by atoms with Gasteiger partial charge in [0.2, 0.25) is 5.91 Å². The molecule has 0 unspecified atom stereocenters. The number of carbonyl (C=O) groups excluding carboxylic acids is 2. The third-order valence-electron chi connectivity index (χ3n) is 3.67. The van der Waals surface area contributed by atoms with E-state index in [1.165, 1.54) is 11.3 Å². The average Bonchev–Trinajstić information content (AvgIpc) is 3.04. The molecule has 0 fully saturated rings. The molecule has 3 amide bonds. The number of nitrogens with zero attached hydrogens (tertiary/aromatic N) is 1.